The number of aromatic nitrogens is 2. The third-order valence-electron chi connectivity index (χ3n) is 2.21. The van der Waals surface area contributed by atoms with Gasteiger partial charge in [-0.3, -0.25) is 10.1 Å². The summed E-state index contributed by atoms with van der Waals surface area (Å²) in [6.45, 7) is 0.308. The monoisotopic (exact) mass is 264 g/mol. The first-order valence-corrected chi connectivity index (χ1v) is 6.03. The van der Waals surface area contributed by atoms with Crippen LogP contribution in [0.25, 0.3) is 0 Å². The molecule has 0 aliphatic carbocycles. The number of anilines is 1. The number of carbonyl (C=O) groups is 1. The van der Waals surface area contributed by atoms with Crippen molar-refractivity contribution in [2.24, 2.45) is 5.73 Å². The molecule has 18 heavy (non-hydrogen) atoms. The molecule has 0 atom stereocenters. The lowest BCUT2D eigenvalue weighted by molar-refractivity contribution is 0.102. The topological polar surface area (TPSA) is 90.1 Å². The molecule has 2 rings (SSSR count). The molecule has 1 amide bonds. The van der Waals surface area contributed by atoms with Gasteiger partial charge >= 0.3 is 0 Å². The zero-order valence-corrected chi connectivity index (χ0v) is 10.5. The van der Waals surface area contributed by atoms with Gasteiger partial charge in [0.25, 0.3) is 5.91 Å². The smallest absolute Gasteiger partial charge is 0.261 e. The largest absolute Gasteiger partial charge is 0.496 e. The maximum Gasteiger partial charge on any atom is 0.261 e. The van der Waals surface area contributed by atoms with Crippen molar-refractivity contribution in [3.8, 4) is 5.75 Å². The lowest BCUT2D eigenvalue weighted by atomic mass is 10.2. The predicted octanol–water partition coefficient (Wildman–Crippen LogP) is 1.26. The molecule has 1 heterocycles. The highest BCUT2D eigenvalue weighted by Gasteiger charge is 2.13. The van der Waals surface area contributed by atoms with E-state index in [0.717, 1.165) is 0 Å². The van der Waals surface area contributed by atoms with E-state index in [0.29, 0.717) is 28.0 Å². The van der Waals surface area contributed by atoms with E-state index in [1.165, 1.54) is 18.4 Å². The second kappa shape index (κ2) is 5.56. The Balaban J connectivity index is 2.16. The number of hydrogen-bond donors (Lipinski definition) is 2. The Bertz CT molecular complexity index is 555. The molecule has 3 N–H and O–H groups in total. The Hall–Kier alpha value is -1.99. The van der Waals surface area contributed by atoms with Gasteiger partial charge in [-0.1, -0.05) is 23.5 Å². The molecule has 0 bridgehead atoms. The summed E-state index contributed by atoms with van der Waals surface area (Å²) in [5.74, 6) is 0.228. The number of amides is 1. The summed E-state index contributed by atoms with van der Waals surface area (Å²) in [6, 6.07) is 6.97. The average molecular weight is 264 g/mol. The molecule has 0 radical (unpaired) electrons. The normalized spacial score (nSPS) is 10.1. The predicted molar refractivity (Wildman–Crippen MR) is 68.7 cm³/mol. The minimum Gasteiger partial charge on any atom is -0.496 e. The maximum absolute atomic E-state index is 12.0. The summed E-state index contributed by atoms with van der Waals surface area (Å²) in [5, 5.41) is 11.4. The fourth-order valence-electron chi connectivity index (χ4n) is 1.38. The van der Waals surface area contributed by atoms with E-state index in [-0.39, 0.29) is 5.91 Å². The fraction of sp³-hybridized carbons (Fsp3) is 0.182. The molecule has 0 spiro atoms. The molecule has 0 saturated carbocycles. The molecule has 0 fully saturated rings. The number of nitrogens with two attached hydrogens (primary N) is 1. The lowest BCUT2D eigenvalue weighted by Crippen LogP contribution is -2.12. The first-order chi connectivity index (χ1) is 8.74. The number of hydrogen-bond acceptors (Lipinski definition) is 6. The van der Waals surface area contributed by atoms with E-state index in [9.17, 15) is 4.79 Å². The van der Waals surface area contributed by atoms with Crippen LogP contribution in [-0.2, 0) is 6.54 Å². The fourth-order valence-corrected chi connectivity index (χ4v) is 2.00. The highest BCUT2D eigenvalue weighted by Crippen LogP contribution is 2.20. The van der Waals surface area contributed by atoms with E-state index < -0.39 is 0 Å². The zero-order valence-electron chi connectivity index (χ0n) is 9.71. The second-order valence-electron chi connectivity index (χ2n) is 3.36. The molecular formula is C11H12N4O2S. The van der Waals surface area contributed by atoms with Crippen molar-refractivity contribution in [2.45, 2.75) is 6.54 Å². The van der Waals surface area contributed by atoms with Crippen LogP contribution in [0.5, 0.6) is 5.75 Å². The van der Waals surface area contributed by atoms with Crippen LogP contribution in [-0.4, -0.2) is 23.2 Å². The van der Waals surface area contributed by atoms with Gasteiger partial charge in [0.2, 0.25) is 5.13 Å². The number of methoxy groups -OCH3 is 1. The molecule has 2 aromatic rings. The summed E-state index contributed by atoms with van der Waals surface area (Å²) in [6.07, 6.45) is 0. The van der Waals surface area contributed by atoms with Gasteiger partial charge in [0, 0.05) is 6.54 Å². The van der Waals surface area contributed by atoms with Gasteiger partial charge in [0.1, 0.15) is 10.8 Å². The molecule has 6 nitrogen and oxygen atoms in total. The lowest BCUT2D eigenvalue weighted by Gasteiger charge is -2.06. The van der Waals surface area contributed by atoms with Crippen LogP contribution >= 0.6 is 11.3 Å². The van der Waals surface area contributed by atoms with Crippen LogP contribution in [0.3, 0.4) is 0 Å². The molecule has 0 aliphatic rings. The van der Waals surface area contributed by atoms with Gasteiger partial charge in [-0.05, 0) is 12.1 Å². The van der Waals surface area contributed by atoms with Crippen LogP contribution in [0, 0.1) is 0 Å². The number of nitrogens with one attached hydrogen (secondary N) is 1. The van der Waals surface area contributed by atoms with Gasteiger partial charge in [0.05, 0.1) is 12.7 Å². The van der Waals surface area contributed by atoms with Gasteiger partial charge in [-0.15, -0.1) is 10.2 Å². The average Bonchev–Trinajstić information content (AvgIpc) is 2.86. The Morgan fingerprint density at radius 1 is 1.44 bits per heavy atom. The third-order valence-corrected chi connectivity index (χ3v) is 3.07. The Morgan fingerprint density at radius 2 is 2.22 bits per heavy atom. The van der Waals surface area contributed by atoms with Crippen LogP contribution in [0.2, 0.25) is 0 Å². The summed E-state index contributed by atoms with van der Waals surface area (Å²) >= 11 is 1.25. The van der Waals surface area contributed by atoms with E-state index in [1.54, 1.807) is 24.3 Å². The molecular weight excluding hydrogens is 252 g/mol. The Labute approximate surface area is 108 Å². The maximum atomic E-state index is 12.0. The zero-order chi connectivity index (χ0) is 13.0. The van der Waals surface area contributed by atoms with Crippen molar-refractivity contribution < 1.29 is 9.53 Å². The summed E-state index contributed by atoms with van der Waals surface area (Å²) < 4.78 is 5.12. The number of nitrogens with zero attached hydrogens (tertiary/aromatic N) is 2. The second-order valence-corrected chi connectivity index (χ2v) is 4.42. The standard InChI is InChI=1S/C11H12N4O2S/c1-17-8-5-3-2-4-7(8)10(16)13-11-15-14-9(6-12)18-11/h2-5H,6,12H2,1H3,(H,13,15,16). The van der Waals surface area contributed by atoms with E-state index >= 15 is 0 Å². The van der Waals surface area contributed by atoms with E-state index in [2.05, 4.69) is 15.5 Å². The van der Waals surface area contributed by atoms with E-state index in [4.69, 9.17) is 10.5 Å². The van der Waals surface area contributed by atoms with Gasteiger partial charge in [-0.25, -0.2) is 0 Å². The van der Waals surface area contributed by atoms with Gasteiger partial charge in [-0.2, -0.15) is 0 Å². The van der Waals surface area contributed by atoms with Crippen molar-refractivity contribution in [1.82, 2.24) is 10.2 Å². The van der Waals surface area contributed by atoms with Gasteiger partial charge in [0.15, 0.2) is 0 Å². The minimum atomic E-state index is -0.285. The number of benzene rings is 1. The number of ether oxygens (including phenoxy) is 1. The highest BCUT2D eigenvalue weighted by atomic mass is 32.1. The van der Waals surface area contributed by atoms with Crippen LogP contribution < -0.4 is 15.8 Å². The molecule has 0 saturated heterocycles. The number of para-hydroxylation sites is 1. The first-order valence-electron chi connectivity index (χ1n) is 5.21. The van der Waals surface area contributed by atoms with Crippen LogP contribution in [0.1, 0.15) is 15.4 Å². The Morgan fingerprint density at radius 3 is 2.89 bits per heavy atom. The van der Waals surface area contributed by atoms with Crippen LogP contribution in [0.4, 0.5) is 5.13 Å². The van der Waals surface area contributed by atoms with Crippen molar-refractivity contribution in [3.63, 3.8) is 0 Å². The molecule has 94 valence electrons. The van der Waals surface area contributed by atoms with Crippen molar-refractivity contribution in [3.05, 3.63) is 34.8 Å². The van der Waals surface area contributed by atoms with Crippen LogP contribution in [0.15, 0.2) is 24.3 Å². The van der Waals surface area contributed by atoms with Crippen molar-refractivity contribution in [2.75, 3.05) is 12.4 Å². The SMILES string of the molecule is COc1ccccc1C(=O)Nc1nnc(CN)s1. The first kappa shape index (κ1) is 12.5. The highest BCUT2D eigenvalue weighted by molar-refractivity contribution is 7.15. The molecule has 0 aliphatic heterocycles. The molecule has 0 unspecified atom stereocenters. The summed E-state index contributed by atoms with van der Waals surface area (Å²) in [5.41, 5.74) is 5.87. The van der Waals surface area contributed by atoms with Crippen molar-refractivity contribution in [1.29, 1.82) is 0 Å². The van der Waals surface area contributed by atoms with E-state index in [1.807, 2.05) is 0 Å². The molecule has 1 aromatic heterocycles. The summed E-state index contributed by atoms with van der Waals surface area (Å²) in [4.78, 5) is 12.0. The summed E-state index contributed by atoms with van der Waals surface area (Å²) in [7, 11) is 1.52. The molecule has 1 aromatic carbocycles. The van der Waals surface area contributed by atoms with Gasteiger partial charge < -0.3 is 10.5 Å². The Kier molecular flexibility index (Phi) is 3.85. The molecule has 7 heteroatoms. The third kappa shape index (κ3) is 2.63. The number of carbonyl (C=O) groups excluding carboxylic acids is 1. The number of rotatable bonds is 4. The van der Waals surface area contributed by atoms with Crippen molar-refractivity contribution >= 4 is 22.4 Å². The quantitative estimate of drug-likeness (QED) is 0.867. The minimum absolute atomic E-state index is 0.285.